The van der Waals surface area contributed by atoms with Gasteiger partial charge < -0.3 is 9.47 Å². The molecule has 0 bridgehead atoms. The highest BCUT2D eigenvalue weighted by atomic mass is 16.5. The topological polar surface area (TPSA) is 50.8 Å². The fourth-order valence-corrected chi connectivity index (χ4v) is 2.05. The van der Waals surface area contributed by atoms with Crippen LogP contribution in [0.25, 0.3) is 0 Å². The number of hydrogen-bond acceptors (Lipinski definition) is 4. The van der Waals surface area contributed by atoms with E-state index in [1.165, 1.54) is 5.56 Å². The standard InChI is InChI=1S/C18H22N2O3/c1-4-20(15-7-5-14(2)6-8-15)19-18(21)13-23-17-11-9-16(22-3)10-12-17/h5-12H,4,13H2,1-3H3,(H,19,21). The second kappa shape index (κ2) is 8.08. The van der Waals surface area contributed by atoms with Gasteiger partial charge in [-0.1, -0.05) is 17.7 Å². The highest BCUT2D eigenvalue weighted by Crippen LogP contribution is 2.17. The summed E-state index contributed by atoms with van der Waals surface area (Å²) >= 11 is 0. The lowest BCUT2D eigenvalue weighted by Gasteiger charge is -2.24. The number of carbonyl (C=O) groups is 1. The van der Waals surface area contributed by atoms with Crippen LogP contribution in [-0.2, 0) is 4.79 Å². The molecule has 5 heteroatoms. The van der Waals surface area contributed by atoms with Crippen LogP contribution in [0.2, 0.25) is 0 Å². The van der Waals surface area contributed by atoms with E-state index in [0.717, 1.165) is 11.4 Å². The minimum absolute atomic E-state index is 0.0469. The lowest BCUT2D eigenvalue weighted by Crippen LogP contribution is -2.44. The van der Waals surface area contributed by atoms with E-state index in [1.807, 2.05) is 38.1 Å². The van der Waals surface area contributed by atoms with Crippen LogP contribution in [0.15, 0.2) is 48.5 Å². The van der Waals surface area contributed by atoms with Gasteiger partial charge in [0.05, 0.1) is 12.8 Å². The minimum Gasteiger partial charge on any atom is -0.497 e. The van der Waals surface area contributed by atoms with E-state index in [2.05, 4.69) is 5.43 Å². The Kier molecular flexibility index (Phi) is 5.86. The number of hydrazine groups is 1. The molecule has 0 aliphatic heterocycles. The first-order valence-corrected chi connectivity index (χ1v) is 7.53. The molecule has 0 fully saturated rings. The monoisotopic (exact) mass is 314 g/mol. The van der Waals surface area contributed by atoms with Gasteiger partial charge in [-0.2, -0.15) is 0 Å². The van der Waals surface area contributed by atoms with Gasteiger partial charge in [-0.25, -0.2) is 0 Å². The van der Waals surface area contributed by atoms with Crippen LogP contribution in [0.5, 0.6) is 11.5 Å². The summed E-state index contributed by atoms with van der Waals surface area (Å²) < 4.78 is 10.6. The summed E-state index contributed by atoms with van der Waals surface area (Å²) in [7, 11) is 1.60. The summed E-state index contributed by atoms with van der Waals surface area (Å²) in [5, 5.41) is 1.79. The maximum Gasteiger partial charge on any atom is 0.276 e. The molecule has 0 heterocycles. The number of hydrogen-bond donors (Lipinski definition) is 1. The molecule has 0 aromatic heterocycles. The van der Waals surface area contributed by atoms with E-state index in [1.54, 1.807) is 36.4 Å². The smallest absolute Gasteiger partial charge is 0.276 e. The number of aryl methyl sites for hydroxylation is 1. The van der Waals surface area contributed by atoms with Gasteiger partial charge in [0.25, 0.3) is 5.91 Å². The molecule has 0 unspecified atom stereocenters. The SMILES string of the molecule is CCN(NC(=O)COc1ccc(OC)cc1)c1ccc(C)cc1. The summed E-state index contributed by atoms with van der Waals surface area (Å²) in [5.41, 5.74) is 4.96. The second-order valence-electron chi connectivity index (χ2n) is 5.08. The van der Waals surface area contributed by atoms with Crippen LogP contribution >= 0.6 is 0 Å². The first kappa shape index (κ1) is 16.7. The molecule has 122 valence electrons. The van der Waals surface area contributed by atoms with E-state index in [9.17, 15) is 4.79 Å². The first-order chi connectivity index (χ1) is 11.1. The Bertz CT molecular complexity index is 624. The summed E-state index contributed by atoms with van der Waals surface area (Å²) in [6, 6.07) is 15.1. The molecule has 5 nitrogen and oxygen atoms in total. The van der Waals surface area contributed by atoms with Crippen LogP contribution in [0.3, 0.4) is 0 Å². The number of benzene rings is 2. The number of amides is 1. The van der Waals surface area contributed by atoms with Crippen LogP contribution in [0.4, 0.5) is 5.69 Å². The largest absolute Gasteiger partial charge is 0.497 e. The Morgan fingerprint density at radius 1 is 1.04 bits per heavy atom. The van der Waals surface area contributed by atoms with Crippen molar-refractivity contribution in [3.63, 3.8) is 0 Å². The molecule has 1 N–H and O–H groups in total. The van der Waals surface area contributed by atoms with Gasteiger partial charge in [0.2, 0.25) is 0 Å². The van der Waals surface area contributed by atoms with Gasteiger partial charge in [0.15, 0.2) is 6.61 Å². The van der Waals surface area contributed by atoms with Gasteiger partial charge >= 0.3 is 0 Å². The van der Waals surface area contributed by atoms with E-state index in [-0.39, 0.29) is 12.5 Å². The molecule has 2 aromatic carbocycles. The summed E-state index contributed by atoms with van der Waals surface area (Å²) in [4.78, 5) is 12.0. The normalized spacial score (nSPS) is 10.0. The maximum atomic E-state index is 12.0. The number of rotatable bonds is 7. The average Bonchev–Trinajstić information content (AvgIpc) is 2.59. The molecule has 0 radical (unpaired) electrons. The highest BCUT2D eigenvalue weighted by Gasteiger charge is 2.09. The van der Waals surface area contributed by atoms with Gasteiger partial charge in [0.1, 0.15) is 11.5 Å². The Balaban J connectivity index is 1.88. The van der Waals surface area contributed by atoms with Crippen LogP contribution in [0.1, 0.15) is 12.5 Å². The van der Waals surface area contributed by atoms with E-state index in [4.69, 9.17) is 9.47 Å². The number of methoxy groups -OCH3 is 1. The van der Waals surface area contributed by atoms with Crippen LogP contribution in [0, 0.1) is 6.92 Å². The average molecular weight is 314 g/mol. The number of nitrogens with one attached hydrogen (secondary N) is 1. The fraction of sp³-hybridized carbons (Fsp3) is 0.278. The molecule has 1 amide bonds. The van der Waals surface area contributed by atoms with Crippen LogP contribution in [-0.4, -0.2) is 26.2 Å². The molecule has 0 aliphatic carbocycles. The molecule has 2 aromatic rings. The van der Waals surface area contributed by atoms with E-state index >= 15 is 0 Å². The van der Waals surface area contributed by atoms with E-state index < -0.39 is 0 Å². The number of carbonyl (C=O) groups excluding carboxylic acids is 1. The van der Waals surface area contributed by atoms with Gasteiger partial charge in [-0.15, -0.1) is 0 Å². The summed E-state index contributed by atoms with van der Waals surface area (Å²) in [5.74, 6) is 1.17. The number of anilines is 1. The van der Waals surface area contributed by atoms with Crippen molar-refractivity contribution < 1.29 is 14.3 Å². The van der Waals surface area contributed by atoms with Crippen molar-refractivity contribution in [3.05, 3.63) is 54.1 Å². The third-order valence-corrected chi connectivity index (χ3v) is 3.35. The predicted molar refractivity (Wildman–Crippen MR) is 90.8 cm³/mol. The van der Waals surface area contributed by atoms with Crippen molar-refractivity contribution in [2.45, 2.75) is 13.8 Å². The third-order valence-electron chi connectivity index (χ3n) is 3.35. The lowest BCUT2D eigenvalue weighted by atomic mass is 10.2. The number of ether oxygens (including phenoxy) is 2. The predicted octanol–water partition coefficient (Wildman–Crippen LogP) is 2.94. The molecule has 0 spiro atoms. The molecular weight excluding hydrogens is 292 g/mol. The quantitative estimate of drug-likeness (QED) is 0.798. The molecule has 0 saturated heterocycles. The zero-order chi connectivity index (χ0) is 16.7. The second-order valence-corrected chi connectivity index (χ2v) is 5.08. The molecule has 0 aliphatic rings. The first-order valence-electron chi connectivity index (χ1n) is 7.53. The molecule has 0 saturated carbocycles. The Morgan fingerprint density at radius 2 is 1.65 bits per heavy atom. The molecule has 0 atom stereocenters. The highest BCUT2D eigenvalue weighted by molar-refractivity contribution is 5.79. The van der Waals surface area contributed by atoms with Crippen molar-refractivity contribution in [3.8, 4) is 11.5 Å². The van der Waals surface area contributed by atoms with Crippen molar-refractivity contribution in [2.75, 3.05) is 25.3 Å². The van der Waals surface area contributed by atoms with Gasteiger partial charge in [-0.05, 0) is 50.2 Å². The van der Waals surface area contributed by atoms with Crippen LogP contribution < -0.4 is 19.9 Å². The number of nitrogens with zero attached hydrogens (tertiary/aromatic N) is 1. The van der Waals surface area contributed by atoms with Crippen molar-refractivity contribution in [1.82, 2.24) is 5.43 Å². The Morgan fingerprint density at radius 3 is 2.22 bits per heavy atom. The molecular formula is C18H22N2O3. The minimum atomic E-state index is -0.205. The van der Waals surface area contributed by atoms with Gasteiger partial charge in [0, 0.05) is 6.54 Å². The summed E-state index contributed by atoms with van der Waals surface area (Å²) in [6.45, 7) is 4.62. The Hall–Kier alpha value is -2.69. The fourth-order valence-electron chi connectivity index (χ4n) is 2.05. The lowest BCUT2D eigenvalue weighted by molar-refractivity contribution is -0.123. The summed E-state index contributed by atoms with van der Waals surface area (Å²) in [6.07, 6.45) is 0. The van der Waals surface area contributed by atoms with Crippen molar-refractivity contribution in [1.29, 1.82) is 0 Å². The Labute approximate surface area is 136 Å². The molecule has 2 rings (SSSR count). The van der Waals surface area contributed by atoms with Crippen molar-refractivity contribution >= 4 is 11.6 Å². The van der Waals surface area contributed by atoms with Crippen molar-refractivity contribution in [2.24, 2.45) is 0 Å². The molecule has 23 heavy (non-hydrogen) atoms. The zero-order valence-corrected chi connectivity index (χ0v) is 13.7. The third kappa shape index (κ3) is 4.92. The zero-order valence-electron chi connectivity index (χ0n) is 13.7. The van der Waals surface area contributed by atoms with E-state index in [0.29, 0.717) is 12.3 Å². The maximum absolute atomic E-state index is 12.0. The van der Waals surface area contributed by atoms with Gasteiger partial charge in [-0.3, -0.25) is 15.2 Å².